The molecule has 1 aliphatic rings. The number of hydrogen-bond acceptors (Lipinski definition) is 5. The number of carbonyl (C=O) groups is 1. The number of rotatable bonds is 6. The van der Waals surface area contributed by atoms with Gasteiger partial charge in [0, 0.05) is 48.9 Å². The van der Waals surface area contributed by atoms with Gasteiger partial charge in [0.2, 0.25) is 0 Å². The van der Waals surface area contributed by atoms with Gasteiger partial charge in [-0.15, -0.1) is 0 Å². The normalized spacial score (nSPS) is 13.5. The lowest BCUT2D eigenvalue weighted by Gasteiger charge is -2.29. The number of piperazine rings is 1. The maximum absolute atomic E-state index is 14.0. The van der Waals surface area contributed by atoms with Crippen LogP contribution in [0.5, 0.6) is 5.75 Å². The van der Waals surface area contributed by atoms with Crippen molar-refractivity contribution in [3.63, 3.8) is 0 Å². The third kappa shape index (κ3) is 5.62. The van der Waals surface area contributed by atoms with Crippen LogP contribution < -0.4 is 15.5 Å². The van der Waals surface area contributed by atoms with Crippen LogP contribution in [0.3, 0.4) is 0 Å². The standard InChI is InChI=1S/C32H29F2N5O2/c1-19-12-22(4-7-30(19)40)27-18-29-28(16-23(27)13-20-14-24(33)17-25(34)15-20)31(38-37-29)36-32(41)21-2-5-26(6-3-21)39-10-8-35-9-11-39/h2-7,12,14-18,35,40H,8-11,13H2,1H3,(H2,36,37,38,41). The summed E-state index contributed by atoms with van der Waals surface area (Å²) in [6.45, 7) is 5.50. The lowest BCUT2D eigenvalue weighted by Crippen LogP contribution is -2.43. The highest BCUT2D eigenvalue weighted by atomic mass is 19.1. The van der Waals surface area contributed by atoms with Crippen molar-refractivity contribution < 1.29 is 18.7 Å². The number of nitrogens with one attached hydrogen (secondary N) is 3. The molecule has 0 atom stereocenters. The number of amides is 1. The second-order valence-electron chi connectivity index (χ2n) is 10.3. The van der Waals surface area contributed by atoms with Crippen LogP contribution in [0.15, 0.2) is 72.8 Å². The van der Waals surface area contributed by atoms with Crippen LogP contribution in [0.2, 0.25) is 0 Å². The minimum absolute atomic E-state index is 0.177. The summed E-state index contributed by atoms with van der Waals surface area (Å²) in [5.74, 6) is -1.06. The molecule has 1 fully saturated rings. The van der Waals surface area contributed by atoms with Gasteiger partial charge >= 0.3 is 0 Å². The lowest BCUT2D eigenvalue weighted by atomic mass is 9.92. The Balaban J connectivity index is 1.33. The maximum atomic E-state index is 14.0. The van der Waals surface area contributed by atoms with Crippen LogP contribution in [-0.4, -0.2) is 47.4 Å². The maximum Gasteiger partial charge on any atom is 0.256 e. The van der Waals surface area contributed by atoms with Gasteiger partial charge in [-0.1, -0.05) is 6.07 Å². The fourth-order valence-electron chi connectivity index (χ4n) is 5.30. The minimum Gasteiger partial charge on any atom is -0.508 e. The van der Waals surface area contributed by atoms with Gasteiger partial charge in [-0.2, -0.15) is 5.10 Å². The van der Waals surface area contributed by atoms with Gasteiger partial charge in [0.1, 0.15) is 17.4 Å². The third-order valence-corrected chi connectivity index (χ3v) is 7.45. The minimum atomic E-state index is -0.651. The zero-order chi connectivity index (χ0) is 28.5. The molecule has 4 N–H and O–H groups in total. The number of aromatic hydroxyl groups is 1. The van der Waals surface area contributed by atoms with E-state index in [4.69, 9.17) is 0 Å². The number of hydrogen-bond donors (Lipinski definition) is 4. The highest BCUT2D eigenvalue weighted by Crippen LogP contribution is 2.34. The van der Waals surface area contributed by atoms with Gasteiger partial charge in [-0.3, -0.25) is 9.89 Å². The molecule has 41 heavy (non-hydrogen) atoms. The van der Waals surface area contributed by atoms with Crippen LogP contribution in [0.25, 0.3) is 22.0 Å². The van der Waals surface area contributed by atoms with Crippen molar-refractivity contribution in [3.05, 3.63) is 107 Å². The van der Waals surface area contributed by atoms with E-state index in [1.165, 1.54) is 12.1 Å². The number of halogens is 2. The van der Waals surface area contributed by atoms with E-state index >= 15 is 0 Å². The van der Waals surface area contributed by atoms with E-state index in [9.17, 15) is 18.7 Å². The number of phenols is 1. The average molecular weight is 554 g/mol. The number of anilines is 2. The van der Waals surface area contributed by atoms with Crippen LogP contribution in [0, 0.1) is 18.6 Å². The topological polar surface area (TPSA) is 93.3 Å². The van der Waals surface area contributed by atoms with Crippen LogP contribution in [0.1, 0.15) is 27.0 Å². The number of phenolic OH excluding ortho intramolecular Hbond substituents is 1. The molecule has 9 heteroatoms. The van der Waals surface area contributed by atoms with E-state index in [1.54, 1.807) is 31.2 Å². The Labute approximate surface area is 235 Å². The van der Waals surface area contributed by atoms with Gasteiger partial charge in [0.25, 0.3) is 5.91 Å². The van der Waals surface area contributed by atoms with Crippen LogP contribution in [0.4, 0.5) is 20.3 Å². The Morgan fingerprint density at radius 3 is 2.41 bits per heavy atom. The molecule has 0 unspecified atom stereocenters. The van der Waals surface area contributed by atoms with E-state index in [-0.39, 0.29) is 18.1 Å². The molecule has 0 aliphatic carbocycles. The highest BCUT2D eigenvalue weighted by Gasteiger charge is 2.17. The molecule has 5 aromatic rings. The molecule has 6 rings (SSSR count). The van der Waals surface area contributed by atoms with Crippen LogP contribution in [-0.2, 0) is 6.42 Å². The van der Waals surface area contributed by atoms with Crippen molar-refractivity contribution in [2.24, 2.45) is 0 Å². The molecule has 208 valence electrons. The average Bonchev–Trinajstić information content (AvgIpc) is 3.35. The molecule has 1 saturated heterocycles. The Hall–Kier alpha value is -4.76. The Kier molecular flexibility index (Phi) is 7.11. The molecule has 7 nitrogen and oxygen atoms in total. The summed E-state index contributed by atoms with van der Waals surface area (Å²) in [5.41, 5.74) is 5.86. The SMILES string of the molecule is Cc1cc(-c2cc3[nH]nc(NC(=O)c4ccc(N5CCNCC5)cc4)c3cc2Cc2cc(F)cc(F)c2)ccc1O. The summed E-state index contributed by atoms with van der Waals surface area (Å²) in [6, 6.07) is 20.0. The monoisotopic (exact) mass is 553 g/mol. The number of aromatic nitrogens is 2. The third-order valence-electron chi connectivity index (χ3n) is 7.45. The first-order chi connectivity index (χ1) is 19.8. The van der Waals surface area contributed by atoms with Gasteiger partial charge < -0.3 is 20.6 Å². The Bertz CT molecular complexity index is 1720. The molecule has 1 amide bonds. The van der Waals surface area contributed by atoms with Crippen molar-refractivity contribution in [2.75, 3.05) is 36.4 Å². The molecule has 1 aromatic heterocycles. The molecule has 0 bridgehead atoms. The van der Waals surface area contributed by atoms with Crippen LogP contribution >= 0.6 is 0 Å². The number of carbonyl (C=O) groups excluding carboxylic acids is 1. The fraction of sp³-hybridized carbons (Fsp3) is 0.188. The molecular formula is C32H29F2N5O2. The fourth-order valence-corrected chi connectivity index (χ4v) is 5.30. The van der Waals surface area contributed by atoms with Crippen molar-refractivity contribution in [1.82, 2.24) is 15.5 Å². The predicted molar refractivity (Wildman–Crippen MR) is 157 cm³/mol. The van der Waals surface area contributed by atoms with E-state index in [0.29, 0.717) is 33.4 Å². The van der Waals surface area contributed by atoms with E-state index in [1.807, 2.05) is 30.3 Å². The summed E-state index contributed by atoms with van der Waals surface area (Å²) < 4.78 is 28.0. The highest BCUT2D eigenvalue weighted by molar-refractivity contribution is 6.08. The summed E-state index contributed by atoms with van der Waals surface area (Å²) in [4.78, 5) is 15.4. The molecular weight excluding hydrogens is 524 g/mol. The van der Waals surface area contributed by atoms with E-state index < -0.39 is 11.6 Å². The first-order valence-electron chi connectivity index (χ1n) is 13.5. The number of benzene rings is 4. The quantitative estimate of drug-likeness (QED) is 0.214. The van der Waals surface area contributed by atoms with Gasteiger partial charge in [0.15, 0.2) is 5.82 Å². The zero-order valence-corrected chi connectivity index (χ0v) is 22.5. The molecule has 0 spiro atoms. The number of fused-ring (bicyclic) bond motifs is 1. The number of aromatic amines is 1. The number of nitrogens with zero attached hydrogens (tertiary/aromatic N) is 2. The number of H-pyrrole nitrogens is 1. The van der Waals surface area contributed by atoms with Crippen molar-refractivity contribution in [2.45, 2.75) is 13.3 Å². The molecule has 2 heterocycles. The van der Waals surface area contributed by atoms with E-state index in [0.717, 1.165) is 54.6 Å². The van der Waals surface area contributed by atoms with E-state index in [2.05, 4.69) is 25.7 Å². The van der Waals surface area contributed by atoms with Gasteiger partial charge in [0.05, 0.1) is 5.52 Å². The molecule has 4 aromatic carbocycles. The summed E-state index contributed by atoms with van der Waals surface area (Å²) in [5, 5.41) is 24.3. The van der Waals surface area contributed by atoms with Crippen molar-refractivity contribution in [1.29, 1.82) is 0 Å². The number of aryl methyl sites for hydroxylation is 1. The predicted octanol–water partition coefficient (Wildman–Crippen LogP) is 5.77. The van der Waals surface area contributed by atoms with Gasteiger partial charge in [-0.05, 0) is 102 Å². The Morgan fingerprint density at radius 2 is 1.71 bits per heavy atom. The molecule has 1 aliphatic heterocycles. The largest absolute Gasteiger partial charge is 0.508 e. The molecule has 0 radical (unpaired) electrons. The summed E-state index contributed by atoms with van der Waals surface area (Å²) in [6.07, 6.45) is 0.242. The van der Waals surface area contributed by atoms with Gasteiger partial charge in [-0.25, -0.2) is 8.78 Å². The second-order valence-corrected chi connectivity index (χ2v) is 10.3. The smallest absolute Gasteiger partial charge is 0.256 e. The Morgan fingerprint density at radius 1 is 0.976 bits per heavy atom. The van der Waals surface area contributed by atoms with Crippen molar-refractivity contribution >= 4 is 28.3 Å². The molecule has 0 saturated carbocycles. The second kappa shape index (κ2) is 11.0. The van der Waals surface area contributed by atoms with Crippen molar-refractivity contribution in [3.8, 4) is 16.9 Å². The summed E-state index contributed by atoms with van der Waals surface area (Å²) >= 11 is 0. The summed E-state index contributed by atoms with van der Waals surface area (Å²) in [7, 11) is 0. The lowest BCUT2D eigenvalue weighted by molar-refractivity contribution is 0.102. The zero-order valence-electron chi connectivity index (χ0n) is 22.5. The first kappa shape index (κ1) is 26.5. The first-order valence-corrected chi connectivity index (χ1v) is 13.5.